The van der Waals surface area contributed by atoms with Gasteiger partial charge in [0.05, 0.1) is 22.9 Å². The molecule has 0 atom stereocenters. The number of fused-ring (bicyclic) bond motifs is 1. The van der Waals surface area contributed by atoms with Gasteiger partial charge >= 0.3 is 0 Å². The average Bonchev–Trinajstić information content (AvgIpc) is 3.50. The summed E-state index contributed by atoms with van der Waals surface area (Å²) in [5.74, 6) is 2.14. The van der Waals surface area contributed by atoms with Crippen LogP contribution in [0.15, 0.2) is 78.6 Å². The van der Waals surface area contributed by atoms with E-state index in [1.54, 1.807) is 18.3 Å². The van der Waals surface area contributed by atoms with Crippen molar-refractivity contribution in [2.75, 3.05) is 18.4 Å². The van der Waals surface area contributed by atoms with Crippen LogP contribution in [0.2, 0.25) is 0 Å². The molecule has 0 spiro atoms. The predicted molar refractivity (Wildman–Crippen MR) is 150 cm³/mol. The topological polar surface area (TPSA) is 96.9 Å². The standard InChI is InChI=1S/C29H33FN8/c1-19(31)6-7-20(2)33-21(3)37-17-13-24(14-18-37)34-29-32-15-12-25(35-29)28-27(22-8-10-23(30)11-9-22)36-26-5-4-16-38(26)28/h4,6-12,15-16,24,33H,3,5,13-14,17-18,31H2,1-2H3,(H,32,34,35)/b19-6+,20-7+. The van der Waals surface area contributed by atoms with E-state index in [9.17, 15) is 4.39 Å². The molecule has 4 N–H and O–H groups in total. The quantitative estimate of drug-likeness (QED) is 0.370. The summed E-state index contributed by atoms with van der Waals surface area (Å²) in [5.41, 5.74) is 10.8. The summed E-state index contributed by atoms with van der Waals surface area (Å²) in [4.78, 5) is 16.4. The molecule has 0 aliphatic carbocycles. The van der Waals surface area contributed by atoms with Crippen LogP contribution in [0.1, 0.15) is 32.5 Å². The van der Waals surface area contributed by atoms with Crippen molar-refractivity contribution in [1.29, 1.82) is 0 Å². The van der Waals surface area contributed by atoms with Gasteiger partial charge in [0, 0.05) is 54.9 Å². The minimum atomic E-state index is -0.272. The number of rotatable bonds is 8. The van der Waals surface area contributed by atoms with Crippen LogP contribution in [0.5, 0.6) is 0 Å². The van der Waals surface area contributed by atoms with Crippen LogP contribution in [0.25, 0.3) is 28.8 Å². The second-order valence-electron chi connectivity index (χ2n) is 9.69. The maximum atomic E-state index is 13.6. The number of anilines is 1. The Morgan fingerprint density at radius 3 is 2.61 bits per heavy atom. The van der Waals surface area contributed by atoms with Crippen LogP contribution in [0, 0.1) is 5.82 Å². The van der Waals surface area contributed by atoms with E-state index in [1.165, 1.54) is 12.1 Å². The van der Waals surface area contributed by atoms with Crippen LogP contribution in [-0.2, 0) is 6.42 Å². The lowest BCUT2D eigenvalue weighted by Gasteiger charge is -2.35. The van der Waals surface area contributed by atoms with Gasteiger partial charge in [0.1, 0.15) is 11.6 Å². The molecule has 0 bridgehead atoms. The van der Waals surface area contributed by atoms with Gasteiger partial charge in [0.15, 0.2) is 0 Å². The lowest BCUT2D eigenvalue weighted by Crippen LogP contribution is -2.41. The van der Waals surface area contributed by atoms with E-state index in [4.69, 9.17) is 15.7 Å². The molecule has 38 heavy (non-hydrogen) atoms. The van der Waals surface area contributed by atoms with Gasteiger partial charge in [-0.2, -0.15) is 0 Å². The van der Waals surface area contributed by atoms with Crippen LogP contribution in [-0.4, -0.2) is 43.6 Å². The molecule has 4 heterocycles. The van der Waals surface area contributed by atoms with Crippen molar-refractivity contribution < 1.29 is 4.39 Å². The summed E-state index contributed by atoms with van der Waals surface area (Å²) in [6.45, 7) is 9.81. The van der Waals surface area contributed by atoms with E-state index in [1.807, 2.05) is 38.3 Å². The molecule has 2 aromatic heterocycles. The first-order valence-electron chi connectivity index (χ1n) is 12.8. The van der Waals surface area contributed by atoms with Crippen molar-refractivity contribution in [3.8, 4) is 22.6 Å². The fourth-order valence-electron chi connectivity index (χ4n) is 4.74. The predicted octanol–water partition coefficient (Wildman–Crippen LogP) is 4.88. The molecule has 9 heteroatoms. The Bertz CT molecular complexity index is 1400. The Morgan fingerprint density at radius 2 is 1.87 bits per heavy atom. The number of hydrogen-bond acceptors (Lipinski definition) is 7. The summed E-state index contributed by atoms with van der Waals surface area (Å²) in [7, 11) is 0. The summed E-state index contributed by atoms with van der Waals surface area (Å²) in [6, 6.07) is 8.57. The molecule has 1 saturated heterocycles. The largest absolute Gasteiger partial charge is 0.402 e. The molecule has 0 amide bonds. The smallest absolute Gasteiger partial charge is 0.223 e. The second kappa shape index (κ2) is 10.9. The number of halogens is 1. The van der Waals surface area contributed by atoms with E-state index in [2.05, 4.69) is 37.7 Å². The van der Waals surface area contributed by atoms with Crippen molar-refractivity contribution in [2.24, 2.45) is 5.73 Å². The highest BCUT2D eigenvalue weighted by molar-refractivity contribution is 5.79. The Morgan fingerprint density at radius 1 is 1.11 bits per heavy atom. The molecule has 0 radical (unpaired) electrons. The lowest BCUT2D eigenvalue weighted by molar-refractivity contribution is 0.260. The van der Waals surface area contributed by atoms with E-state index < -0.39 is 0 Å². The third-order valence-corrected chi connectivity index (χ3v) is 6.70. The number of aromatic nitrogens is 4. The number of allylic oxidation sites excluding steroid dienone is 5. The van der Waals surface area contributed by atoms with Gasteiger partial charge in [-0.05, 0) is 69.2 Å². The van der Waals surface area contributed by atoms with Crippen molar-refractivity contribution in [1.82, 2.24) is 29.7 Å². The summed E-state index contributed by atoms with van der Waals surface area (Å²) in [5, 5.41) is 6.87. The first kappa shape index (κ1) is 25.3. The molecule has 2 aliphatic heterocycles. The number of hydrogen-bond donors (Lipinski definition) is 3. The second-order valence-corrected chi connectivity index (χ2v) is 9.69. The zero-order valence-corrected chi connectivity index (χ0v) is 21.8. The van der Waals surface area contributed by atoms with Crippen molar-refractivity contribution in [2.45, 2.75) is 39.2 Å². The van der Waals surface area contributed by atoms with Crippen LogP contribution < -0.4 is 16.4 Å². The van der Waals surface area contributed by atoms with Crippen molar-refractivity contribution >= 4 is 12.1 Å². The van der Waals surface area contributed by atoms with E-state index in [-0.39, 0.29) is 11.9 Å². The first-order valence-corrected chi connectivity index (χ1v) is 12.8. The third kappa shape index (κ3) is 5.61. The van der Waals surface area contributed by atoms with E-state index in [0.29, 0.717) is 5.95 Å². The van der Waals surface area contributed by atoms with Crippen LogP contribution in [0.3, 0.4) is 0 Å². The van der Waals surface area contributed by atoms with Gasteiger partial charge in [-0.25, -0.2) is 19.3 Å². The molecule has 5 rings (SSSR count). The number of nitrogens with one attached hydrogen (secondary N) is 2. The summed E-state index contributed by atoms with van der Waals surface area (Å²) >= 11 is 0. The number of nitrogens with two attached hydrogens (primary N) is 1. The molecule has 0 saturated carbocycles. The van der Waals surface area contributed by atoms with Crippen molar-refractivity contribution in [3.63, 3.8) is 0 Å². The first-order chi connectivity index (χ1) is 18.4. The monoisotopic (exact) mass is 512 g/mol. The SMILES string of the molecule is C=C(N/C(C)=C/C=C(\C)N)N1CCC(Nc2nccc(-c3c(-c4ccc(F)cc4)nc4n3C=CC4)n2)CC1. The Hall–Kier alpha value is -4.40. The summed E-state index contributed by atoms with van der Waals surface area (Å²) in [6.07, 6.45) is 12.3. The number of likely N-dealkylation sites (tertiary alicyclic amines) is 1. The zero-order valence-electron chi connectivity index (χ0n) is 21.8. The van der Waals surface area contributed by atoms with E-state index in [0.717, 1.165) is 78.0 Å². The minimum absolute atomic E-state index is 0.251. The maximum Gasteiger partial charge on any atom is 0.223 e. The average molecular weight is 513 g/mol. The fourth-order valence-corrected chi connectivity index (χ4v) is 4.74. The molecule has 1 fully saturated rings. The van der Waals surface area contributed by atoms with Gasteiger partial charge in [-0.3, -0.25) is 0 Å². The van der Waals surface area contributed by atoms with Gasteiger partial charge in [0.2, 0.25) is 5.95 Å². The highest BCUT2D eigenvalue weighted by atomic mass is 19.1. The highest BCUT2D eigenvalue weighted by Gasteiger charge is 2.24. The third-order valence-electron chi connectivity index (χ3n) is 6.70. The Kier molecular flexibility index (Phi) is 7.26. The molecule has 1 aromatic carbocycles. The fraction of sp³-hybridized carbons (Fsp3) is 0.276. The lowest BCUT2D eigenvalue weighted by atomic mass is 10.1. The summed E-state index contributed by atoms with van der Waals surface area (Å²) < 4.78 is 15.6. The van der Waals surface area contributed by atoms with Gasteiger partial charge in [0.25, 0.3) is 0 Å². The number of imidazole rings is 1. The molecule has 2 aliphatic rings. The van der Waals surface area contributed by atoms with Crippen molar-refractivity contribution in [3.05, 3.63) is 90.2 Å². The van der Waals surface area contributed by atoms with Gasteiger partial charge < -0.3 is 25.8 Å². The number of benzene rings is 1. The van der Waals surface area contributed by atoms with Gasteiger partial charge in [-0.1, -0.05) is 12.7 Å². The highest BCUT2D eigenvalue weighted by Crippen LogP contribution is 2.34. The Labute approximate surface area is 222 Å². The number of nitrogens with zero attached hydrogens (tertiary/aromatic N) is 5. The molecule has 8 nitrogen and oxygen atoms in total. The molecule has 3 aromatic rings. The molecular weight excluding hydrogens is 479 g/mol. The number of piperidine rings is 1. The molecule has 196 valence electrons. The van der Waals surface area contributed by atoms with E-state index >= 15 is 0 Å². The minimum Gasteiger partial charge on any atom is -0.402 e. The molecule has 0 unspecified atom stereocenters. The van der Waals surface area contributed by atoms with Crippen LogP contribution >= 0.6 is 0 Å². The zero-order chi connectivity index (χ0) is 26.6. The van der Waals surface area contributed by atoms with Gasteiger partial charge in [-0.15, -0.1) is 0 Å². The normalized spacial score (nSPS) is 16.0. The Balaban J connectivity index is 1.27. The molecular formula is C29H33FN8. The van der Waals surface area contributed by atoms with Crippen LogP contribution in [0.4, 0.5) is 10.3 Å². The maximum absolute atomic E-state index is 13.6.